The molecule has 0 radical (unpaired) electrons. The molecule has 0 aromatic rings. The van der Waals surface area contributed by atoms with E-state index in [-0.39, 0.29) is 18.4 Å². The summed E-state index contributed by atoms with van der Waals surface area (Å²) >= 11 is 0. The molecular weight excluding hydrogens is 156 g/mol. The summed E-state index contributed by atoms with van der Waals surface area (Å²) in [6, 6.07) is 0. The number of rotatable bonds is 2. The second-order valence-corrected chi connectivity index (χ2v) is 4.04. The summed E-state index contributed by atoms with van der Waals surface area (Å²) in [5.41, 5.74) is 0. The van der Waals surface area contributed by atoms with Gasteiger partial charge >= 0.3 is 5.97 Å². The van der Waals surface area contributed by atoms with E-state index in [0.29, 0.717) is 11.8 Å². The number of carbonyl (C=O) groups is 1. The van der Waals surface area contributed by atoms with E-state index in [9.17, 15) is 4.79 Å². The molecule has 2 bridgehead atoms. The molecule has 2 aliphatic carbocycles. The number of aliphatic hydroxyl groups excluding tert-OH is 1. The maximum atomic E-state index is 10.8. The van der Waals surface area contributed by atoms with Gasteiger partial charge < -0.3 is 10.2 Å². The Labute approximate surface area is 71.4 Å². The van der Waals surface area contributed by atoms with Gasteiger partial charge in [0.1, 0.15) is 0 Å². The van der Waals surface area contributed by atoms with Crippen LogP contribution in [0.3, 0.4) is 0 Å². The molecule has 3 nitrogen and oxygen atoms in total. The van der Waals surface area contributed by atoms with E-state index in [0.717, 1.165) is 19.3 Å². The van der Waals surface area contributed by atoms with Crippen LogP contribution < -0.4 is 0 Å². The fourth-order valence-electron chi connectivity index (χ4n) is 3.06. The first-order valence-corrected chi connectivity index (χ1v) is 4.57. The molecular formula is C9H14O3. The molecule has 2 N–H and O–H groups in total. The minimum absolute atomic E-state index is 0.0428. The van der Waals surface area contributed by atoms with E-state index >= 15 is 0 Å². The first-order valence-electron chi connectivity index (χ1n) is 4.57. The number of aliphatic carboxylic acids is 1. The van der Waals surface area contributed by atoms with Gasteiger partial charge in [0, 0.05) is 6.61 Å². The van der Waals surface area contributed by atoms with E-state index in [2.05, 4.69) is 0 Å². The van der Waals surface area contributed by atoms with Crippen LogP contribution in [0.2, 0.25) is 0 Å². The van der Waals surface area contributed by atoms with Crippen molar-refractivity contribution in [2.45, 2.75) is 19.3 Å². The number of fused-ring (bicyclic) bond motifs is 2. The topological polar surface area (TPSA) is 57.5 Å². The Balaban J connectivity index is 2.16. The van der Waals surface area contributed by atoms with Crippen LogP contribution in [0.5, 0.6) is 0 Å². The smallest absolute Gasteiger partial charge is 0.307 e. The molecule has 0 heterocycles. The van der Waals surface area contributed by atoms with Crippen molar-refractivity contribution in [2.24, 2.45) is 23.7 Å². The van der Waals surface area contributed by atoms with Crippen molar-refractivity contribution in [1.29, 1.82) is 0 Å². The lowest BCUT2D eigenvalue weighted by Crippen LogP contribution is -2.31. The van der Waals surface area contributed by atoms with Gasteiger partial charge in [0.05, 0.1) is 5.92 Å². The summed E-state index contributed by atoms with van der Waals surface area (Å²) in [7, 11) is 0. The van der Waals surface area contributed by atoms with Gasteiger partial charge in [-0.2, -0.15) is 0 Å². The van der Waals surface area contributed by atoms with Crippen LogP contribution in [-0.2, 0) is 4.79 Å². The van der Waals surface area contributed by atoms with Crippen LogP contribution in [0.1, 0.15) is 19.3 Å². The predicted octanol–water partition coefficient (Wildman–Crippen LogP) is 0.726. The highest BCUT2D eigenvalue weighted by Crippen LogP contribution is 2.52. The second-order valence-electron chi connectivity index (χ2n) is 4.04. The molecule has 2 saturated carbocycles. The van der Waals surface area contributed by atoms with Crippen molar-refractivity contribution in [3.05, 3.63) is 0 Å². The van der Waals surface area contributed by atoms with Gasteiger partial charge in [-0.1, -0.05) is 0 Å². The Bertz CT molecular complexity index is 202. The summed E-state index contributed by atoms with van der Waals surface area (Å²) in [4.78, 5) is 10.8. The Morgan fingerprint density at radius 2 is 2.00 bits per heavy atom. The zero-order chi connectivity index (χ0) is 8.72. The molecule has 0 aromatic carbocycles. The fraction of sp³-hybridized carbons (Fsp3) is 0.889. The average molecular weight is 170 g/mol. The Morgan fingerprint density at radius 1 is 1.33 bits per heavy atom. The van der Waals surface area contributed by atoms with Gasteiger partial charge in [-0.3, -0.25) is 4.79 Å². The van der Waals surface area contributed by atoms with E-state index in [1.165, 1.54) is 0 Å². The second kappa shape index (κ2) is 2.73. The normalized spacial score (nSPS) is 45.1. The van der Waals surface area contributed by atoms with Crippen molar-refractivity contribution < 1.29 is 15.0 Å². The molecule has 12 heavy (non-hydrogen) atoms. The number of carboxylic acid groups (broad SMARTS) is 1. The molecule has 0 aliphatic heterocycles. The van der Waals surface area contributed by atoms with E-state index in [1.54, 1.807) is 0 Å². The SMILES string of the molecule is O=C(O)[C@H]1[C@H]2CC[C@H](C2)[C@H]1CO. The first-order chi connectivity index (χ1) is 5.74. The van der Waals surface area contributed by atoms with Crippen molar-refractivity contribution >= 4 is 5.97 Å². The van der Waals surface area contributed by atoms with Gasteiger partial charge in [0.25, 0.3) is 0 Å². The van der Waals surface area contributed by atoms with Gasteiger partial charge in [-0.05, 0) is 37.0 Å². The Kier molecular flexibility index (Phi) is 1.83. The van der Waals surface area contributed by atoms with Gasteiger partial charge in [0.2, 0.25) is 0 Å². The molecule has 0 spiro atoms. The van der Waals surface area contributed by atoms with Crippen molar-refractivity contribution in [1.82, 2.24) is 0 Å². The lowest BCUT2D eigenvalue weighted by atomic mass is 9.80. The van der Waals surface area contributed by atoms with Gasteiger partial charge in [-0.25, -0.2) is 0 Å². The highest BCUT2D eigenvalue weighted by molar-refractivity contribution is 5.71. The number of hydrogen-bond donors (Lipinski definition) is 2. The third-order valence-corrected chi connectivity index (χ3v) is 3.58. The summed E-state index contributed by atoms with van der Waals surface area (Å²) in [6.07, 6.45) is 3.21. The van der Waals surface area contributed by atoms with Crippen molar-refractivity contribution in [3.63, 3.8) is 0 Å². The van der Waals surface area contributed by atoms with Crippen LogP contribution >= 0.6 is 0 Å². The molecule has 0 amide bonds. The first kappa shape index (κ1) is 8.05. The van der Waals surface area contributed by atoms with Crippen LogP contribution in [0.15, 0.2) is 0 Å². The van der Waals surface area contributed by atoms with Crippen LogP contribution in [-0.4, -0.2) is 22.8 Å². The zero-order valence-electron chi connectivity index (χ0n) is 6.94. The molecule has 2 fully saturated rings. The maximum absolute atomic E-state index is 10.8. The number of aliphatic hydroxyl groups is 1. The van der Waals surface area contributed by atoms with Gasteiger partial charge in [0.15, 0.2) is 0 Å². The molecule has 0 saturated heterocycles. The van der Waals surface area contributed by atoms with Gasteiger partial charge in [-0.15, -0.1) is 0 Å². The summed E-state index contributed by atoms with van der Waals surface area (Å²) in [6.45, 7) is 0.0537. The number of hydrogen-bond acceptors (Lipinski definition) is 2. The average Bonchev–Trinajstić information content (AvgIpc) is 2.60. The maximum Gasteiger partial charge on any atom is 0.307 e. The number of carboxylic acids is 1. The molecule has 3 heteroatoms. The standard InChI is InChI=1S/C9H14O3/c10-4-7-5-1-2-6(3-5)8(7)9(11)12/h5-8,10H,1-4H2,(H,11,12)/t5-,6+,7-,8+/m1/s1. The Hall–Kier alpha value is -0.570. The van der Waals surface area contributed by atoms with E-state index < -0.39 is 5.97 Å². The Morgan fingerprint density at radius 3 is 2.50 bits per heavy atom. The minimum atomic E-state index is -0.707. The zero-order valence-corrected chi connectivity index (χ0v) is 6.94. The highest BCUT2D eigenvalue weighted by Gasteiger charge is 2.50. The lowest BCUT2D eigenvalue weighted by Gasteiger charge is -2.25. The van der Waals surface area contributed by atoms with Crippen LogP contribution in [0.25, 0.3) is 0 Å². The fourth-order valence-corrected chi connectivity index (χ4v) is 3.06. The molecule has 68 valence electrons. The van der Waals surface area contributed by atoms with Crippen molar-refractivity contribution in [3.8, 4) is 0 Å². The third-order valence-electron chi connectivity index (χ3n) is 3.58. The minimum Gasteiger partial charge on any atom is -0.481 e. The van der Waals surface area contributed by atoms with Crippen LogP contribution in [0, 0.1) is 23.7 Å². The van der Waals surface area contributed by atoms with E-state index in [1.807, 2.05) is 0 Å². The lowest BCUT2D eigenvalue weighted by molar-refractivity contribution is -0.146. The molecule has 0 aromatic heterocycles. The monoisotopic (exact) mass is 170 g/mol. The molecule has 0 unspecified atom stereocenters. The largest absolute Gasteiger partial charge is 0.481 e. The predicted molar refractivity (Wildman–Crippen MR) is 42.5 cm³/mol. The highest BCUT2D eigenvalue weighted by atomic mass is 16.4. The summed E-state index contributed by atoms with van der Waals surface area (Å²) in [5, 5.41) is 18.0. The molecule has 2 aliphatic rings. The van der Waals surface area contributed by atoms with E-state index in [4.69, 9.17) is 10.2 Å². The summed E-state index contributed by atoms with van der Waals surface area (Å²) < 4.78 is 0. The van der Waals surface area contributed by atoms with Crippen LogP contribution in [0.4, 0.5) is 0 Å². The third kappa shape index (κ3) is 0.959. The summed E-state index contributed by atoms with van der Waals surface area (Å²) in [5.74, 6) is -0.0815. The quantitative estimate of drug-likeness (QED) is 0.642. The molecule has 2 rings (SSSR count). The molecule has 4 atom stereocenters. The van der Waals surface area contributed by atoms with Crippen molar-refractivity contribution in [2.75, 3.05) is 6.61 Å².